The van der Waals surface area contributed by atoms with Gasteiger partial charge in [0.05, 0.1) is 9.79 Å². The van der Waals surface area contributed by atoms with E-state index in [0.29, 0.717) is 0 Å². The molecule has 120 valence electrons. The lowest BCUT2D eigenvalue weighted by atomic mass is 10.2. The molecule has 0 bridgehead atoms. The number of rotatable bonds is 6. The van der Waals surface area contributed by atoms with Crippen LogP contribution in [0.5, 0.6) is 0 Å². The minimum Gasteiger partial charge on any atom is -0.368 e. The molecule has 7 nitrogen and oxygen atoms in total. The van der Waals surface area contributed by atoms with Crippen LogP contribution in [0.3, 0.4) is 0 Å². The third kappa shape index (κ3) is 4.54. The van der Waals surface area contributed by atoms with Crippen LogP contribution in [-0.4, -0.2) is 35.0 Å². The molecule has 22 heavy (non-hydrogen) atoms. The van der Waals surface area contributed by atoms with Gasteiger partial charge in [-0.2, -0.15) is 4.72 Å². The summed E-state index contributed by atoms with van der Waals surface area (Å²) in [7, 11) is -7.79. The fourth-order valence-electron chi connectivity index (χ4n) is 1.49. The fourth-order valence-corrected chi connectivity index (χ4v) is 4.40. The van der Waals surface area contributed by atoms with E-state index in [1.165, 1.54) is 12.1 Å². The first-order valence-corrected chi connectivity index (χ1v) is 9.90. The quantitative estimate of drug-likeness (QED) is 0.641. The second kappa shape index (κ2) is 6.78. The van der Waals surface area contributed by atoms with Crippen LogP contribution in [0, 0.1) is 12.3 Å². The molecule has 0 aromatic heterocycles. The average Bonchev–Trinajstić information content (AvgIpc) is 2.36. The summed E-state index contributed by atoms with van der Waals surface area (Å²) in [6.07, 6.45) is 5.78. The fraction of sp³-hybridized carbons (Fsp3) is 0.250. The number of sulfone groups is 1. The highest BCUT2D eigenvalue weighted by Crippen LogP contribution is 2.25. The van der Waals surface area contributed by atoms with E-state index in [4.69, 9.17) is 12.2 Å². The Balaban J connectivity index is 3.34. The summed E-state index contributed by atoms with van der Waals surface area (Å²) in [6, 6.07) is 2.23. The summed E-state index contributed by atoms with van der Waals surface area (Å²) in [5.74, 6) is 1.20. The zero-order valence-corrected chi connectivity index (χ0v) is 14.6. The number of nitrogens with one attached hydrogen (secondary N) is 1. The lowest BCUT2D eigenvalue weighted by Crippen LogP contribution is -2.44. The van der Waals surface area contributed by atoms with Crippen LogP contribution < -0.4 is 10.5 Å². The molecule has 0 aliphatic rings. The molecule has 3 N–H and O–H groups in total. The van der Waals surface area contributed by atoms with Crippen molar-refractivity contribution in [3.05, 3.63) is 22.7 Å². The Hall–Kier alpha value is -1.41. The van der Waals surface area contributed by atoms with Gasteiger partial charge in [0.1, 0.15) is 6.04 Å². The molecule has 10 heteroatoms. The van der Waals surface area contributed by atoms with E-state index in [9.17, 15) is 21.6 Å². The molecular weight excluding hydrogens is 396 g/mol. The zero-order chi connectivity index (χ0) is 17.1. The topological polar surface area (TPSA) is 123 Å². The van der Waals surface area contributed by atoms with Gasteiger partial charge >= 0.3 is 0 Å². The Morgan fingerprint density at radius 1 is 1.41 bits per heavy atom. The molecule has 1 rings (SSSR count). The van der Waals surface area contributed by atoms with Gasteiger partial charge < -0.3 is 5.73 Å². The molecule has 1 aromatic rings. The standard InChI is InChI=1S/C12H13BrN2O5S2/c1-3-4-10(12(14)16)15-22(19,20)11-7-8(21(2,17)18)5-6-9(11)13/h1,5-7,10,15H,4H2,2H3,(H2,14,16). The molecule has 0 fully saturated rings. The summed E-state index contributed by atoms with van der Waals surface area (Å²) in [5.41, 5.74) is 5.08. The maximum Gasteiger partial charge on any atom is 0.242 e. The van der Waals surface area contributed by atoms with Crippen molar-refractivity contribution in [2.45, 2.75) is 22.3 Å². The lowest BCUT2D eigenvalue weighted by molar-refractivity contribution is -0.119. The number of halogens is 1. The highest BCUT2D eigenvalue weighted by atomic mass is 79.9. The number of carbonyl (C=O) groups is 1. The monoisotopic (exact) mass is 408 g/mol. The van der Waals surface area contributed by atoms with Crippen molar-refractivity contribution in [3.8, 4) is 12.3 Å². The molecule has 1 atom stereocenters. The number of hydrogen-bond acceptors (Lipinski definition) is 5. The van der Waals surface area contributed by atoms with Crippen molar-refractivity contribution in [1.29, 1.82) is 0 Å². The Labute approximate surface area is 137 Å². The van der Waals surface area contributed by atoms with E-state index in [0.717, 1.165) is 12.3 Å². The molecule has 0 heterocycles. The van der Waals surface area contributed by atoms with Crippen LogP contribution in [-0.2, 0) is 24.7 Å². The second-order valence-corrected chi connectivity index (χ2v) is 8.90. The van der Waals surface area contributed by atoms with Crippen LogP contribution in [0.15, 0.2) is 32.5 Å². The van der Waals surface area contributed by atoms with Crippen LogP contribution in [0.2, 0.25) is 0 Å². The summed E-state index contributed by atoms with van der Waals surface area (Å²) in [4.78, 5) is 10.7. The number of carbonyl (C=O) groups excluding carboxylic acids is 1. The summed E-state index contributed by atoms with van der Waals surface area (Å²) >= 11 is 3.03. The number of nitrogens with two attached hydrogens (primary N) is 1. The van der Waals surface area contributed by atoms with Crippen molar-refractivity contribution >= 4 is 41.7 Å². The van der Waals surface area contributed by atoms with E-state index in [1.807, 2.05) is 0 Å². The summed E-state index contributed by atoms with van der Waals surface area (Å²) in [5, 5.41) is 0. The van der Waals surface area contributed by atoms with Crippen molar-refractivity contribution in [1.82, 2.24) is 4.72 Å². The molecular formula is C12H13BrN2O5S2. The number of terminal acetylenes is 1. The summed E-state index contributed by atoms with van der Waals surface area (Å²) in [6.45, 7) is 0. The van der Waals surface area contributed by atoms with Gasteiger partial charge in [-0.15, -0.1) is 12.3 Å². The van der Waals surface area contributed by atoms with Crippen LogP contribution in [0.4, 0.5) is 0 Å². The van der Waals surface area contributed by atoms with Crippen LogP contribution >= 0.6 is 15.9 Å². The predicted octanol–water partition coefficient (Wildman–Crippen LogP) is 0.00810. The van der Waals surface area contributed by atoms with E-state index in [2.05, 4.69) is 26.6 Å². The van der Waals surface area contributed by atoms with Crippen molar-refractivity contribution in [2.75, 3.05) is 6.26 Å². The summed E-state index contributed by atoms with van der Waals surface area (Å²) < 4.78 is 49.9. The van der Waals surface area contributed by atoms with Gasteiger partial charge in [-0.05, 0) is 34.1 Å². The van der Waals surface area contributed by atoms with E-state index in [-0.39, 0.29) is 20.7 Å². The number of benzene rings is 1. The minimum absolute atomic E-state index is 0.135. The minimum atomic E-state index is -4.20. The predicted molar refractivity (Wildman–Crippen MR) is 84.0 cm³/mol. The maximum atomic E-state index is 12.3. The Kier molecular flexibility index (Phi) is 5.75. The zero-order valence-electron chi connectivity index (χ0n) is 11.4. The van der Waals surface area contributed by atoms with Gasteiger partial charge in [-0.1, -0.05) is 0 Å². The SMILES string of the molecule is C#CCC(NS(=O)(=O)c1cc(S(C)(=O)=O)ccc1Br)C(N)=O. The highest BCUT2D eigenvalue weighted by Gasteiger charge is 2.26. The second-order valence-electron chi connectivity index (χ2n) is 4.35. The van der Waals surface area contributed by atoms with Gasteiger partial charge in [-0.25, -0.2) is 16.8 Å². The Bertz CT molecular complexity index is 841. The van der Waals surface area contributed by atoms with E-state index in [1.54, 1.807) is 0 Å². The van der Waals surface area contributed by atoms with Gasteiger partial charge in [-0.3, -0.25) is 4.79 Å². The lowest BCUT2D eigenvalue weighted by Gasteiger charge is -2.14. The highest BCUT2D eigenvalue weighted by molar-refractivity contribution is 9.10. The maximum absolute atomic E-state index is 12.3. The Morgan fingerprint density at radius 3 is 2.45 bits per heavy atom. The number of primary amides is 1. The van der Waals surface area contributed by atoms with Crippen molar-refractivity contribution < 1.29 is 21.6 Å². The van der Waals surface area contributed by atoms with E-state index < -0.39 is 31.8 Å². The first kappa shape index (κ1) is 18.6. The van der Waals surface area contributed by atoms with Gasteiger partial charge in [0.25, 0.3) is 0 Å². The molecule has 0 radical (unpaired) electrons. The molecule has 0 aliphatic carbocycles. The smallest absolute Gasteiger partial charge is 0.242 e. The van der Waals surface area contributed by atoms with Gasteiger partial charge in [0.2, 0.25) is 15.9 Å². The van der Waals surface area contributed by atoms with Crippen molar-refractivity contribution in [3.63, 3.8) is 0 Å². The molecule has 0 aliphatic heterocycles. The molecule has 0 saturated heterocycles. The third-order valence-electron chi connectivity index (χ3n) is 2.58. The van der Waals surface area contributed by atoms with Gasteiger partial charge in [0, 0.05) is 17.1 Å². The normalized spacial score (nSPS) is 13.3. The average molecular weight is 409 g/mol. The Morgan fingerprint density at radius 2 is 2.00 bits per heavy atom. The van der Waals surface area contributed by atoms with Crippen LogP contribution in [0.25, 0.3) is 0 Å². The number of amides is 1. The first-order chi connectivity index (χ1) is 9.99. The molecule has 0 saturated carbocycles. The molecule has 1 aromatic carbocycles. The third-order valence-corrected chi connectivity index (χ3v) is 6.16. The number of sulfonamides is 1. The van der Waals surface area contributed by atoms with E-state index >= 15 is 0 Å². The number of hydrogen-bond donors (Lipinski definition) is 2. The van der Waals surface area contributed by atoms with Crippen LogP contribution in [0.1, 0.15) is 6.42 Å². The largest absolute Gasteiger partial charge is 0.368 e. The van der Waals surface area contributed by atoms with Gasteiger partial charge in [0.15, 0.2) is 9.84 Å². The molecule has 1 amide bonds. The molecule has 1 unspecified atom stereocenters. The first-order valence-electron chi connectivity index (χ1n) is 5.73. The van der Waals surface area contributed by atoms with Crippen molar-refractivity contribution in [2.24, 2.45) is 5.73 Å². The molecule has 0 spiro atoms.